The smallest absolute Gasteiger partial charge is 0.268 e. The number of benzene rings is 1. The van der Waals surface area contributed by atoms with E-state index in [4.69, 9.17) is 12.2 Å². The zero-order chi connectivity index (χ0) is 15.3. The molecular weight excluding hydrogens is 306 g/mol. The van der Waals surface area contributed by atoms with Crippen LogP contribution in [0.2, 0.25) is 0 Å². The van der Waals surface area contributed by atoms with Crippen LogP contribution >= 0.6 is 24.0 Å². The molecule has 1 fully saturated rings. The first-order valence-corrected chi connectivity index (χ1v) is 7.51. The molecule has 0 atom stereocenters. The van der Waals surface area contributed by atoms with Crippen LogP contribution in [0.5, 0.6) is 0 Å². The second-order valence-corrected chi connectivity index (χ2v) is 6.22. The fourth-order valence-corrected chi connectivity index (χ4v) is 3.67. The number of hydrogen-bond donors (Lipinski definition) is 0. The van der Waals surface area contributed by atoms with Gasteiger partial charge < -0.3 is 4.90 Å². The average Bonchev–Trinajstić information content (AvgIpc) is 2.81. The molecule has 1 aromatic carbocycles. The van der Waals surface area contributed by atoms with Crippen molar-refractivity contribution < 1.29 is 9.59 Å². The Balaban J connectivity index is 2.13. The SMILES string of the molecule is CN1C(=O)C(=C2Sc3ccccc3N2C)C(=O)N(C)C1=S. The molecule has 0 aromatic heterocycles. The third-order valence-corrected chi connectivity index (χ3v) is 5.35. The molecular formula is C14H13N3O2S2. The molecule has 0 spiro atoms. The summed E-state index contributed by atoms with van der Waals surface area (Å²) in [5.74, 6) is -0.712. The standard InChI is InChI=1S/C14H13N3O2S2/c1-15-8-6-4-5-7-9(8)21-13(15)10-11(18)16(2)14(20)17(3)12(10)19/h4-7H,1-3H3. The number of nitrogens with zero attached hydrogens (tertiary/aromatic N) is 3. The van der Waals surface area contributed by atoms with E-state index in [2.05, 4.69) is 0 Å². The van der Waals surface area contributed by atoms with Gasteiger partial charge in [-0.2, -0.15) is 0 Å². The lowest BCUT2D eigenvalue weighted by Gasteiger charge is -2.33. The van der Waals surface area contributed by atoms with Gasteiger partial charge in [-0.25, -0.2) is 0 Å². The lowest BCUT2D eigenvalue weighted by molar-refractivity contribution is -0.132. The van der Waals surface area contributed by atoms with E-state index < -0.39 is 0 Å². The van der Waals surface area contributed by atoms with Crippen LogP contribution in [0, 0.1) is 0 Å². The van der Waals surface area contributed by atoms with Crippen molar-refractivity contribution >= 4 is 46.6 Å². The monoisotopic (exact) mass is 319 g/mol. The average molecular weight is 319 g/mol. The predicted octanol–water partition coefficient (Wildman–Crippen LogP) is 1.66. The number of fused-ring (bicyclic) bond motifs is 1. The van der Waals surface area contributed by atoms with Crippen LogP contribution in [0.25, 0.3) is 0 Å². The van der Waals surface area contributed by atoms with E-state index in [-0.39, 0.29) is 22.5 Å². The van der Waals surface area contributed by atoms with E-state index in [9.17, 15) is 9.59 Å². The van der Waals surface area contributed by atoms with Gasteiger partial charge in [0.2, 0.25) is 0 Å². The second kappa shape index (κ2) is 4.85. The molecule has 0 aliphatic carbocycles. The van der Waals surface area contributed by atoms with Gasteiger partial charge in [0.25, 0.3) is 11.8 Å². The van der Waals surface area contributed by atoms with E-state index in [1.54, 1.807) is 14.1 Å². The topological polar surface area (TPSA) is 43.9 Å². The molecule has 2 amide bonds. The van der Waals surface area contributed by atoms with E-state index >= 15 is 0 Å². The Bertz CT molecular complexity index is 688. The maximum atomic E-state index is 12.5. The molecule has 2 aliphatic heterocycles. The van der Waals surface area contributed by atoms with Crippen LogP contribution in [0.3, 0.4) is 0 Å². The van der Waals surface area contributed by atoms with E-state index in [1.807, 2.05) is 36.2 Å². The van der Waals surface area contributed by atoms with Gasteiger partial charge in [0.15, 0.2) is 5.11 Å². The Morgan fingerprint density at radius 2 is 1.52 bits per heavy atom. The number of hydrogen-bond acceptors (Lipinski definition) is 5. The molecule has 1 saturated heterocycles. The molecule has 0 radical (unpaired) electrons. The summed E-state index contributed by atoms with van der Waals surface area (Å²) >= 11 is 6.53. The Hall–Kier alpha value is -1.86. The van der Waals surface area contributed by atoms with Crippen LogP contribution < -0.4 is 4.90 Å². The van der Waals surface area contributed by atoms with Crippen LogP contribution in [0.1, 0.15) is 0 Å². The summed E-state index contributed by atoms with van der Waals surface area (Å²) in [6.45, 7) is 0. The number of amides is 2. The maximum Gasteiger partial charge on any atom is 0.268 e. The van der Waals surface area contributed by atoms with E-state index in [1.165, 1.54) is 21.6 Å². The Kier molecular flexibility index (Phi) is 3.26. The Morgan fingerprint density at radius 1 is 0.952 bits per heavy atom. The quantitative estimate of drug-likeness (QED) is 0.413. The minimum absolute atomic E-state index is 0.164. The van der Waals surface area contributed by atoms with Gasteiger partial charge >= 0.3 is 0 Å². The zero-order valence-corrected chi connectivity index (χ0v) is 13.4. The molecule has 0 unspecified atom stereocenters. The van der Waals surface area contributed by atoms with Crippen LogP contribution in [-0.2, 0) is 9.59 Å². The van der Waals surface area contributed by atoms with Gasteiger partial charge in [0.05, 0.1) is 10.7 Å². The summed E-state index contributed by atoms with van der Waals surface area (Å²) < 4.78 is 0. The lowest BCUT2D eigenvalue weighted by atomic mass is 10.1. The first-order chi connectivity index (χ1) is 9.93. The first kappa shape index (κ1) is 14.1. The highest BCUT2D eigenvalue weighted by molar-refractivity contribution is 8.03. The Labute approximate surface area is 132 Å². The molecule has 0 N–H and O–H groups in total. The zero-order valence-electron chi connectivity index (χ0n) is 11.8. The van der Waals surface area contributed by atoms with Gasteiger partial charge in [-0.15, -0.1) is 0 Å². The molecule has 7 heteroatoms. The molecule has 2 aliphatic rings. The highest BCUT2D eigenvalue weighted by Gasteiger charge is 2.40. The number of thioether (sulfide) groups is 1. The minimum atomic E-state index is -0.356. The highest BCUT2D eigenvalue weighted by Crippen LogP contribution is 2.46. The minimum Gasteiger partial charge on any atom is -0.337 e. The summed E-state index contributed by atoms with van der Waals surface area (Å²) in [7, 11) is 5.02. The van der Waals surface area contributed by atoms with Crippen molar-refractivity contribution in [1.29, 1.82) is 0 Å². The van der Waals surface area contributed by atoms with Gasteiger partial charge in [-0.05, 0) is 24.4 Å². The van der Waals surface area contributed by atoms with E-state index in [0.717, 1.165) is 10.6 Å². The van der Waals surface area contributed by atoms with Gasteiger partial charge in [0.1, 0.15) is 5.57 Å². The van der Waals surface area contributed by atoms with Crippen molar-refractivity contribution in [2.45, 2.75) is 4.90 Å². The number of carbonyl (C=O) groups is 2. The van der Waals surface area contributed by atoms with Crippen molar-refractivity contribution in [2.24, 2.45) is 0 Å². The fourth-order valence-electron chi connectivity index (χ4n) is 2.33. The maximum absolute atomic E-state index is 12.5. The number of likely N-dealkylation sites (N-methyl/N-ethyl adjacent to an activating group) is 2. The molecule has 3 rings (SSSR count). The predicted molar refractivity (Wildman–Crippen MR) is 85.9 cm³/mol. The van der Waals surface area contributed by atoms with Crippen molar-refractivity contribution in [2.75, 3.05) is 26.0 Å². The normalized spacial score (nSPS) is 18.8. The second-order valence-electron chi connectivity index (χ2n) is 4.82. The molecule has 5 nitrogen and oxygen atoms in total. The molecule has 1 aromatic rings. The van der Waals surface area contributed by atoms with Crippen molar-refractivity contribution in [3.8, 4) is 0 Å². The fraction of sp³-hybridized carbons (Fsp3) is 0.214. The Morgan fingerprint density at radius 3 is 2.10 bits per heavy atom. The van der Waals surface area contributed by atoms with Gasteiger partial charge in [0, 0.05) is 26.0 Å². The van der Waals surface area contributed by atoms with Crippen molar-refractivity contribution in [3.63, 3.8) is 0 Å². The van der Waals surface area contributed by atoms with E-state index in [0.29, 0.717) is 5.03 Å². The first-order valence-electron chi connectivity index (χ1n) is 6.28. The summed E-state index contributed by atoms with van der Waals surface area (Å²) in [4.78, 5) is 30.5. The molecule has 0 bridgehead atoms. The van der Waals surface area contributed by atoms with Gasteiger partial charge in [-0.3, -0.25) is 19.4 Å². The van der Waals surface area contributed by atoms with Crippen LogP contribution in [0.4, 0.5) is 5.69 Å². The van der Waals surface area contributed by atoms with Crippen LogP contribution in [-0.4, -0.2) is 47.9 Å². The summed E-state index contributed by atoms with van der Waals surface area (Å²) in [6, 6.07) is 7.80. The molecule has 21 heavy (non-hydrogen) atoms. The largest absolute Gasteiger partial charge is 0.337 e. The number of thiocarbonyl (C=S) groups is 1. The highest BCUT2D eigenvalue weighted by atomic mass is 32.2. The number of carbonyl (C=O) groups excluding carboxylic acids is 2. The third kappa shape index (κ3) is 1.96. The summed E-state index contributed by atoms with van der Waals surface area (Å²) in [6.07, 6.45) is 0. The van der Waals surface area contributed by atoms with Gasteiger partial charge in [-0.1, -0.05) is 23.9 Å². The summed E-state index contributed by atoms with van der Waals surface area (Å²) in [5, 5.41) is 0.866. The van der Waals surface area contributed by atoms with Crippen LogP contribution in [0.15, 0.2) is 39.8 Å². The number of para-hydroxylation sites is 1. The number of anilines is 1. The van der Waals surface area contributed by atoms with Crippen molar-refractivity contribution in [3.05, 3.63) is 34.9 Å². The number of rotatable bonds is 0. The molecule has 108 valence electrons. The summed E-state index contributed by atoms with van der Waals surface area (Å²) in [5.41, 5.74) is 1.15. The molecule has 2 heterocycles. The lowest BCUT2D eigenvalue weighted by Crippen LogP contribution is -2.53. The molecule has 0 saturated carbocycles. The van der Waals surface area contributed by atoms with Crippen molar-refractivity contribution in [1.82, 2.24) is 9.80 Å². The third-order valence-electron chi connectivity index (χ3n) is 3.56.